The minimum absolute atomic E-state index is 0.0913. The van der Waals surface area contributed by atoms with Gasteiger partial charge in [0, 0.05) is 57.9 Å². The lowest BCUT2D eigenvalue weighted by Crippen LogP contribution is -2.52. The molecule has 0 radical (unpaired) electrons. The van der Waals surface area contributed by atoms with Gasteiger partial charge in [-0.2, -0.15) is 18.2 Å². The van der Waals surface area contributed by atoms with Crippen molar-refractivity contribution in [3.8, 4) is 0 Å². The lowest BCUT2D eigenvalue weighted by molar-refractivity contribution is -0.141. The zero-order valence-corrected chi connectivity index (χ0v) is 21.8. The lowest BCUT2D eigenvalue weighted by Gasteiger charge is -2.39. The third kappa shape index (κ3) is 6.74. The summed E-state index contributed by atoms with van der Waals surface area (Å²) in [6.45, 7) is 10.2. The molecule has 0 saturated carbocycles. The standard InChI is InChI=1S/C24H35F3N6O4/c1-16-5-8-33(16)21-28-18(24(25,26)27)13-19(29-21)32-7-6-17(14-32)36-15-20(34)30-9-11-31(12-10-30)22(35)37-23(2,3)4/h13,16-17H,5-12,14-15H2,1-4H3/t16-,17?/m0/s1. The molecule has 1 unspecified atom stereocenters. The molecule has 3 aliphatic rings. The Labute approximate surface area is 214 Å². The van der Waals surface area contributed by atoms with E-state index in [-0.39, 0.29) is 36.4 Å². The topological polar surface area (TPSA) is 91.3 Å². The number of hydrogen-bond donors (Lipinski definition) is 0. The molecule has 0 aromatic carbocycles. The number of anilines is 2. The van der Waals surface area contributed by atoms with Gasteiger partial charge in [0.2, 0.25) is 11.9 Å². The van der Waals surface area contributed by atoms with E-state index < -0.39 is 23.6 Å². The Morgan fingerprint density at radius 1 is 1.00 bits per heavy atom. The lowest BCUT2D eigenvalue weighted by atomic mass is 10.1. The van der Waals surface area contributed by atoms with Crippen LogP contribution in [0.25, 0.3) is 0 Å². The second-order valence-electron chi connectivity index (χ2n) is 10.8. The normalized spacial score (nSPS) is 22.8. The van der Waals surface area contributed by atoms with Gasteiger partial charge in [-0.15, -0.1) is 0 Å². The zero-order valence-electron chi connectivity index (χ0n) is 21.8. The van der Waals surface area contributed by atoms with E-state index in [2.05, 4.69) is 9.97 Å². The molecule has 4 heterocycles. The first-order chi connectivity index (χ1) is 17.3. The van der Waals surface area contributed by atoms with Crippen molar-refractivity contribution < 1.29 is 32.2 Å². The monoisotopic (exact) mass is 528 g/mol. The van der Waals surface area contributed by atoms with Crippen LogP contribution >= 0.6 is 0 Å². The van der Waals surface area contributed by atoms with Crippen molar-refractivity contribution in [3.05, 3.63) is 11.8 Å². The first-order valence-electron chi connectivity index (χ1n) is 12.7. The van der Waals surface area contributed by atoms with Crippen LogP contribution in [0.2, 0.25) is 0 Å². The van der Waals surface area contributed by atoms with E-state index in [1.165, 1.54) is 0 Å². The smallest absolute Gasteiger partial charge is 0.433 e. The van der Waals surface area contributed by atoms with Crippen molar-refractivity contribution in [1.82, 2.24) is 19.8 Å². The Balaban J connectivity index is 1.28. The summed E-state index contributed by atoms with van der Waals surface area (Å²) in [7, 11) is 0. The molecule has 13 heteroatoms. The van der Waals surface area contributed by atoms with Crippen molar-refractivity contribution in [2.75, 3.05) is 62.2 Å². The number of aromatic nitrogens is 2. The van der Waals surface area contributed by atoms with Crippen molar-refractivity contribution >= 4 is 23.8 Å². The third-order valence-electron chi connectivity index (χ3n) is 6.76. The quantitative estimate of drug-likeness (QED) is 0.576. The molecular formula is C24H35F3N6O4. The van der Waals surface area contributed by atoms with Gasteiger partial charge in [-0.3, -0.25) is 4.79 Å². The second-order valence-corrected chi connectivity index (χ2v) is 10.8. The van der Waals surface area contributed by atoms with Gasteiger partial charge >= 0.3 is 12.3 Å². The van der Waals surface area contributed by atoms with Gasteiger partial charge in [0.25, 0.3) is 0 Å². The molecule has 2 atom stereocenters. The number of hydrogen-bond acceptors (Lipinski definition) is 8. The number of piperazine rings is 1. The summed E-state index contributed by atoms with van der Waals surface area (Å²) in [5.41, 5.74) is -1.54. The number of amides is 2. The van der Waals surface area contributed by atoms with Crippen LogP contribution in [0, 0.1) is 0 Å². The first-order valence-corrected chi connectivity index (χ1v) is 12.7. The Morgan fingerprint density at radius 3 is 2.24 bits per heavy atom. The molecule has 3 saturated heterocycles. The molecule has 4 rings (SSSR count). The molecule has 37 heavy (non-hydrogen) atoms. The molecule has 3 fully saturated rings. The molecule has 0 N–H and O–H groups in total. The van der Waals surface area contributed by atoms with Crippen LogP contribution in [0.1, 0.15) is 46.2 Å². The highest BCUT2D eigenvalue weighted by Gasteiger charge is 2.37. The molecular weight excluding hydrogens is 493 g/mol. The SMILES string of the molecule is C[C@H]1CCN1c1nc(N2CCC(OCC(=O)N3CCN(C(=O)OC(C)(C)C)CC3)C2)cc(C(F)(F)F)n1. The Hall–Kier alpha value is -2.83. The number of nitrogens with zero attached hydrogens (tertiary/aromatic N) is 6. The predicted octanol–water partition coefficient (Wildman–Crippen LogP) is 2.77. The summed E-state index contributed by atoms with van der Waals surface area (Å²) in [5, 5.41) is 0. The van der Waals surface area contributed by atoms with E-state index in [0.29, 0.717) is 52.2 Å². The fourth-order valence-corrected chi connectivity index (χ4v) is 4.49. The van der Waals surface area contributed by atoms with Crippen LogP contribution in [-0.4, -0.2) is 102 Å². The predicted molar refractivity (Wildman–Crippen MR) is 129 cm³/mol. The largest absolute Gasteiger partial charge is 0.444 e. The Kier molecular flexibility index (Phi) is 7.72. The highest BCUT2D eigenvalue weighted by atomic mass is 19.4. The number of ether oxygens (including phenoxy) is 2. The van der Waals surface area contributed by atoms with Gasteiger partial charge in [0.15, 0.2) is 5.69 Å². The summed E-state index contributed by atoms with van der Waals surface area (Å²) in [4.78, 5) is 39.8. The fraction of sp³-hybridized carbons (Fsp3) is 0.750. The number of carbonyl (C=O) groups is 2. The average molecular weight is 529 g/mol. The van der Waals surface area contributed by atoms with E-state index in [1.54, 1.807) is 40.4 Å². The van der Waals surface area contributed by atoms with Crippen LogP contribution in [0.4, 0.5) is 29.7 Å². The van der Waals surface area contributed by atoms with Crippen LogP contribution in [0.5, 0.6) is 0 Å². The van der Waals surface area contributed by atoms with Gasteiger partial charge in [0.05, 0.1) is 6.10 Å². The molecule has 0 bridgehead atoms. The van der Waals surface area contributed by atoms with E-state index >= 15 is 0 Å². The fourth-order valence-electron chi connectivity index (χ4n) is 4.49. The van der Waals surface area contributed by atoms with Crippen molar-refractivity contribution in [3.63, 3.8) is 0 Å². The van der Waals surface area contributed by atoms with Crippen LogP contribution in [0.15, 0.2) is 6.07 Å². The van der Waals surface area contributed by atoms with Gasteiger partial charge in [-0.25, -0.2) is 9.78 Å². The van der Waals surface area contributed by atoms with E-state index in [4.69, 9.17) is 9.47 Å². The average Bonchev–Trinajstić information content (AvgIpc) is 3.29. The summed E-state index contributed by atoms with van der Waals surface area (Å²) in [6.07, 6.45) is -3.82. The van der Waals surface area contributed by atoms with Crippen molar-refractivity contribution in [2.24, 2.45) is 0 Å². The molecule has 3 aliphatic heterocycles. The molecule has 206 valence electrons. The zero-order chi connectivity index (χ0) is 27.0. The number of halogens is 3. The Morgan fingerprint density at radius 2 is 1.68 bits per heavy atom. The second kappa shape index (κ2) is 10.5. The molecule has 10 nitrogen and oxygen atoms in total. The first kappa shape index (κ1) is 27.2. The van der Waals surface area contributed by atoms with Crippen molar-refractivity contribution in [2.45, 2.75) is 64.5 Å². The maximum Gasteiger partial charge on any atom is 0.433 e. The van der Waals surface area contributed by atoms with Gasteiger partial charge < -0.3 is 29.1 Å². The molecule has 0 aliphatic carbocycles. The van der Waals surface area contributed by atoms with Crippen molar-refractivity contribution in [1.29, 1.82) is 0 Å². The molecule has 1 aromatic heterocycles. The maximum absolute atomic E-state index is 13.5. The molecule has 0 spiro atoms. The molecule has 1 aromatic rings. The van der Waals surface area contributed by atoms with Crippen LogP contribution in [-0.2, 0) is 20.4 Å². The molecule has 2 amide bonds. The van der Waals surface area contributed by atoms with Gasteiger partial charge in [-0.05, 0) is 40.5 Å². The maximum atomic E-state index is 13.5. The highest BCUT2D eigenvalue weighted by molar-refractivity contribution is 5.78. The third-order valence-corrected chi connectivity index (χ3v) is 6.76. The van der Waals surface area contributed by atoms with Gasteiger partial charge in [0.1, 0.15) is 18.0 Å². The van der Waals surface area contributed by atoms with E-state index in [1.807, 2.05) is 6.92 Å². The summed E-state index contributed by atoms with van der Waals surface area (Å²) in [5.74, 6) is 0.124. The highest BCUT2D eigenvalue weighted by Crippen LogP contribution is 2.34. The minimum atomic E-state index is -4.57. The van der Waals surface area contributed by atoms with Gasteiger partial charge in [-0.1, -0.05) is 0 Å². The van der Waals surface area contributed by atoms with E-state index in [9.17, 15) is 22.8 Å². The minimum Gasteiger partial charge on any atom is -0.444 e. The van der Waals surface area contributed by atoms with Crippen LogP contribution < -0.4 is 9.80 Å². The Bertz CT molecular complexity index is 994. The number of carbonyl (C=O) groups excluding carboxylic acids is 2. The number of alkyl halides is 3. The summed E-state index contributed by atoms with van der Waals surface area (Å²) >= 11 is 0. The summed E-state index contributed by atoms with van der Waals surface area (Å²) in [6, 6.07) is 1.08. The van der Waals surface area contributed by atoms with E-state index in [0.717, 1.165) is 12.5 Å². The van der Waals surface area contributed by atoms with Crippen LogP contribution in [0.3, 0.4) is 0 Å². The summed E-state index contributed by atoms with van der Waals surface area (Å²) < 4.78 is 51.7. The number of rotatable bonds is 5.